The maximum atomic E-state index is 10.8. The number of aliphatic imine (C=N–C) groups is 1. The molecule has 0 amide bonds. The second kappa shape index (κ2) is 10.4. The topological polar surface area (TPSA) is 68.4 Å². The summed E-state index contributed by atoms with van der Waals surface area (Å²) >= 11 is 9.47. The lowest BCUT2D eigenvalue weighted by molar-refractivity contribution is -0.384. The van der Waals surface area contributed by atoms with E-state index < -0.39 is 4.92 Å². The highest BCUT2D eigenvalue weighted by Gasteiger charge is 2.18. The predicted molar refractivity (Wildman–Crippen MR) is 146 cm³/mol. The lowest BCUT2D eigenvalue weighted by Gasteiger charge is -2.16. The van der Waals surface area contributed by atoms with Crippen molar-refractivity contribution < 1.29 is 4.92 Å². The average molecular weight is 516 g/mol. The standard InChI is InChI=1S/C27H18ClN3O2S2/c28-21-10-8-20(9-11-21)26(19-4-2-1-3-5-19)35-27-30-24-15-12-22(16-25(24)34-27)29-17-18-6-13-23(14-7-18)31(32)33/h1-17,26H/t26-/m0/s1. The highest BCUT2D eigenvalue weighted by molar-refractivity contribution is 8.01. The third-order valence-corrected chi connectivity index (χ3v) is 7.99. The molecule has 5 rings (SSSR count). The number of hydrogen-bond donors (Lipinski definition) is 0. The van der Waals surface area contributed by atoms with Gasteiger partial charge in [-0.05, 0) is 59.2 Å². The largest absolute Gasteiger partial charge is 0.269 e. The summed E-state index contributed by atoms with van der Waals surface area (Å²) in [6, 6.07) is 30.5. The van der Waals surface area contributed by atoms with Crippen LogP contribution in [0.5, 0.6) is 0 Å². The summed E-state index contributed by atoms with van der Waals surface area (Å²) in [7, 11) is 0. The van der Waals surface area contributed by atoms with Crippen molar-refractivity contribution in [2.45, 2.75) is 9.59 Å². The van der Waals surface area contributed by atoms with E-state index in [-0.39, 0.29) is 10.9 Å². The van der Waals surface area contributed by atoms with Crippen LogP contribution in [0.25, 0.3) is 10.2 Å². The van der Waals surface area contributed by atoms with Crippen LogP contribution in [0, 0.1) is 10.1 Å². The van der Waals surface area contributed by atoms with E-state index in [4.69, 9.17) is 16.6 Å². The second-order valence-corrected chi connectivity index (χ2v) is 10.5. The lowest BCUT2D eigenvalue weighted by Crippen LogP contribution is -1.96. The lowest BCUT2D eigenvalue weighted by atomic mass is 10.0. The van der Waals surface area contributed by atoms with Crippen LogP contribution in [-0.4, -0.2) is 16.1 Å². The van der Waals surface area contributed by atoms with Crippen LogP contribution >= 0.6 is 34.7 Å². The molecule has 0 bridgehead atoms. The van der Waals surface area contributed by atoms with Gasteiger partial charge in [0.2, 0.25) is 0 Å². The van der Waals surface area contributed by atoms with Gasteiger partial charge in [0.15, 0.2) is 4.34 Å². The molecule has 35 heavy (non-hydrogen) atoms. The second-order valence-electron chi connectivity index (χ2n) is 7.70. The molecule has 0 radical (unpaired) electrons. The Morgan fingerprint density at radius 1 is 0.943 bits per heavy atom. The number of nitro groups is 1. The van der Waals surface area contributed by atoms with E-state index in [1.165, 1.54) is 23.3 Å². The molecule has 172 valence electrons. The monoisotopic (exact) mass is 515 g/mol. The van der Waals surface area contributed by atoms with Gasteiger partial charge >= 0.3 is 0 Å². The van der Waals surface area contributed by atoms with Crippen molar-refractivity contribution in [3.63, 3.8) is 0 Å². The Morgan fingerprint density at radius 3 is 2.37 bits per heavy atom. The molecule has 1 atom stereocenters. The molecule has 8 heteroatoms. The van der Waals surface area contributed by atoms with Crippen molar-refractivity contribution in [3.05, 3.63) is 129 Å². The summed E-state index contributed by atoms with van der Waals surface area (Å²) in [5.74, 6) is 0. The number of aromatic nitrogens is 1. The molecule has 0 saturated heterocycles. The number of non-ortho nitro benzene ring substituents is 1. The van der Waals surface area contributed by atoms with Crippen molar-refractivity contribution in [3.8, 4) is 0 Å². The van der Waals surface area contributed by atoms with Gasteiger partial charge < -0.3 is 0 Å². The zero-order valence-electron chi connectivity index (χ0n) is 18.2. The smallest absolute Gasteiger partial charge is 0.258 e. The van der Waals surface area contributed by atoms with Crippen molar-refractivity contribution in [1.29, 1.82) is 0 Å². The van der Waals surface area contributed by atoms with Crippen LogP contribution in [0.15, 0.2) is 106 Å². The molecule has 0 N–H and O–H groups in total. The zero-order valence-corrected chi connectivity index (χ0v) is 20.6. The first-order valence-corrected chi connectivity index (χ1v) is 12.8. The molecule has 5 nitrogen and oxygen atoms in total. The highest BCUT2D eigenvalue weighted by Crippen LogP contribution is 2.43. The van der Waals surface area contributed by atoms with Gasteiger partial charge in [0.1, 0.15) is 0 Å². The van der Waals surface area contributed by atoms with Crippen LogP contribution in [0.2, 0.25) is 5.02 Å². The fourth-order valence-corrected chi connectivity index (χ4v) is 6.09. The van der Waals surface area contributed by atoms with E-state index in [1.807, 2.05) is 48.5 Å². The van der Waals surface area contributed by atoms with Crippen molar-refractivity contribution >= 4 is 62.5 Å². The number of thioether (sulfide) groups is 1. The summed E-state index contributed by atoms with van der Waals surface area (Å²) in [6.07, 6.45) is 1.70. The summed E-state index contributed by atoms with van der Waals surface area (Å²) in [5, 5.41) is 11.6. The number of benzene rings is 4. The molecule has 0 aliphatic rings. The molecule has 0 aliphatic carbocycles. The first-order valence-electron chi connectivity index (χ1n) is 10.7. The fraction of sp³-hybridized carbons (Fsp3) is 0.0370. The number of rotatable bonds is 7. The SMILES string of the molecule is O=[N+]([O-])c1ccc(C=Nc2ccc3nc(S[C@@H](c4ccccc4)c4ccc(Cl)cc4)sc3c2)cc1. The highest BCUT2D eigenvalue weighted by atomic mass is 35.5. The van der Waals surface area contributed by atoms with E-state index in [0.717, 1.165) is 25.8 Å². The predicted octanol–water partition coefficient (Wildman–Crippen LogP) is 8.49. The molecule has 1 heterocycles. The molecule has 0 spiro atoms. The van der Waals surface area contributed by atoms with Crippen LogP contribution in [0.3, 0.4) is 0 Å². The minimum atomic E-state index is -0.413. The number of thiazole rings is 1. The van der Waals surface area contributed by atoms with Gasteiger partial charge in [-0.1, -0.05) is 65.8 Å². The van der Waals surface area contributed by atoms with Crippen molar-refractivity contribution in [1.82, 2.24) is 4.98 Å². The van der Waals surface area contributed by atoms with Crippen LogP contribution in [0.1, 0.15) is 21.9 Å². The zero-order chi connectivity index (χ0) is 24.2. The normalized spacial score (nSPS) is 12.3. The minimum absolute atomic E-state index is 0.0608. The van der Waals surface area contributed by atoms with E-state index in [2.05, 4.69) is 29.3 Å². The van der Waals surface area contributed by atoms with Gasteiger partial charge in [-0.2, -0.15) is 0 Å². The Balaban J connectivity index is 1.39. The summed E-state index contributed by atoms with van der Waals surface area (Å²) in [4.78, 5) is 19.8. The number of halogens is 1. The Hall–Kier alpha value is -3.52. The van der Waals surface area contributed by atoms with Crippen molar-refractivity contribution in [2.75, 3.05) is 0 Å². The van der Waals surface area contributed by atoms with Crippen LogP contribution < -0.4 is 0 Å². The summed E-state index contributed by atoms with van der Waals surface area (Å²) in [5.41, 5.74) is 4.95. The van der Waals surface area contributed by atoms with Crippen molar-refractivity contribution in [2.24, 2.45) is 4.99 Å². The third-order valence-electron chi connectivity index (χ3n) is 5.31. The maximum absolute atomic E-state index is 10.8. The molecular weight excluding hydrogens is 498 g/mol. The third kappa shape index (κ3) is 5.59. The fourth-order valence-electron chi connectivity index (χ4n) is 3.55. The quantitative estimate of drug-likeness (QED) is 0.0942. The minimum Gasteiger partial charge on any atom is -0.258 e. The van der Waals surface area contributed by atoms with E-state index in [1.54, 1.807) is 41.4 Å². The molecule has 0 saturated carbocycles. The Labute approximate surface area is 215 Å². The molecule has 1 aromatic heterocycles. The molecule has 0 unspecified atom stereocenters. The molecule has 5 aromatic rings. The average Bonchev–Trinajstić information content (AvgIpc) is 3.29. The van der Waals surface area contributed by atoms with Crippen LogP contribution in [0.4, 0.5) is 11.4 Å². The number of fused-ring (bicyclic) bond motifs is 1. The van der Waals surface area contributed by atoms with Gasteiger partial charge in [-0.15, -0.1) is 11.3 Å². The number of nitro benzene ring substituents is 1. The number of nitrogens with zero attached hydrogens (tertiary/aromatic N) is 3. The molecular formula is C27H18ClN3O2S2. The van der Waals surface area contributed by atoms with Gasteiger partial charge in [0.05, 0.1) is 26.1 Å². The Kier molecular flexibility index (Phi) is 6.90. The van der Waals surface area contributed by atoms with E-state index in [9.17, 15) is 10.1 Å². The van der Waals surface area contributed by atoms with E-state index in [0.29, 0.717) is 5.02 Å². The van der Waals surface area contributed by atoms with Gasteiger partial charge in [0.25, 0.3) is 5.69 Å². The Morgan fingerprint density at radius 2 is 1.66 bits per heavy atom. The Bertz CT molecular complexity index is 1500. The van der Waals surface area contributed by atoms with Gasteiger partial charge in [-0.25, -0.2) is 4.98 Å². The number of hydrogen-bond acceptors (Lipinski definition) is 6. The maximum Gasteiger partial charge on any atom is 0.269 e. The van der Waals surface area contributed by atoms with Crippen LogP contribution in [-0.2, 0) is 0 Å². The first-order chi connectivity index (χ1) is 17.0. The van der Waals surface area contributed by atoms with Gasteiger partial charge in [-0.3, -0.25) is 15.1 Å². The molecule has 4 aromatic carbocycles. The molecule has 0 fully saturated rings. The molecule has 0 aliphatic heterocycles. The summed E-state index contributed by atoms with van der Waals surface area (Å²) in [6.45, 7) is 0. The first kappa shape index (κ1) is 23.2. The van der Waals surface area contributed by atoms with E-state index >= 15 is 0 Å². The van der Waals surface area contributed by atoms with Gasteiger partial charge in [0, 0.05) is 23.4 Å². The summed E-state index contributed by atoms with van der Waals surface area (Å²) < 4.78 is 2.02.